The Kier molecular flexibility index (Phi) is 3.99. The summed E-state index contributed by atoms with van der Waals surface area (Å²) in [4.78, 5) is 21.6. The second-order valence-corrected chi connectivity index (χ2v) is 7.13. The minimum Gasteiger partial charge on any atom is -0.468 e. The number of benzene rings is 1. The molecule has 0 saturated heterocycles. The molecule has 4 heterocycles. The number of ether oxygens (including phenoxy) is 1. The normalized spacial score (nSPS) is 16.0. The lowest BCUT2D eigenvalue weighted by Crippen LogP contribution is -2.21. The smallest absolute Gasteiger partial charge is 0.228 e. The number of hydrogen-bond donors (Lipinski definition) is 0. The molecule has 1 aromatic carbocycles. The fourth-order valence-corrected chi connectivity index (χ4v) is 3.91. The van der Waals surface area contributed by atoms with E-state index in [9.17, 15) is 4.79 Å². The van der Waals surface area contributed by atoms with Crippen LogP contribution in [0.1, 0.15) is 31.1 Å². The molecule has 0 fully saturated rings. The lowest BCUT2D eigenvalue weighted by Gasteiger charge is -2.26. The Labute approximate surface area is 170 Å². The van der Waals surface area contributed by atoms with Crippen molar-refractivity contribution >= 4 is 23.0 Å². The van der Waals surface area contributed by atoms with E-state index >= 15 is 0 Å². The molecule has 0 radical (unpaired) electrons. The number of rotatable bonds is 3. The number of nitrogens with zero attached hydrogens (tertiary/aromatic N) is 4. The summed E-state index contributed by atoms with van der Waals surface area (Å²) in [6.07, 6.45) is 3.11. The number of aromatic nitrogens is 4. The van der Waals surface area contributed by atoms with Crippen LogP contribution in [0.15, 0.2) is 64.7 Å². The van der Waals surface area contributed by atoms with E-state index in [1.54, 1.807) is 29.8 Å². The maximum absolute atomic E-state index is 12.5. The molecule has 0 saturated carbocycles. The summed E-state index contributed by atoms with van der Waals surface area (Å²) in [5.41, 5.74) is 2.36. The number of carbonyl (C=O) groups is 1. The quantitative estimate of drug-likeness (QED) is 0.500. The first-order chi connectivity index (χ1) is 14.0. The number of allylic oxidation sites excluding steroid dienone is 2. The number of furan rings is 1. The summed E-state index contributed by atoms with van der Waals surface area (Å²) >= 11 is 6.33. The van der Waals surface area contributed by atoms with Gasteiger partial charge in [0.1, 0.15) is 17.8 Å². The van der Waals surface area contributed by atoms with E-state index in [-0.39, 0.29) is 5.78 Å². The highest BCUT2D eigenvalue weighted by Crippen LogP contribution is 2.44. The van der Waals surface area contributed by atoms with Crippen LogP contribution in [0.4, 0.5) is 0 Å². The van der Waals surface area contributed by atoms with Crippen LogP contribution in [-0.2, 0) is 4.79 Å². The lowest BCUT2D eigenvalue weighted by atomic mass is 9.85. The van der Waals surface area contributed by atoms with Crippen molar-refractivity contribution in [1.82, 2.24) is 19.6 Å². The van der Waals surface area contributed by atoms with Gasteiger partial charge in [0.2, 0.25) is 5.88 Å². The average Bonchev–Trinajstić information content (AvgIpc) is 3.36. The van der Waals surface area contributed by atoms with E-state index < -0.39 is 5.92 Å². The largest absolute Gasteiger partial charge is 0.468 e. The molecule has 4 aromatic rings. The van der Waals surface area contributed by atoms with Crippen molar-refractivity contribution in [2.45, 2.75) is 19.8 Å². The van der Waals surface area contributed by atoms with Crippen molar-refractivity contribution in [3.63, 3.8) is 0 Å². The van der Waals surface area contributed by atoms with Gasteiger partial charge in [0, 0.05) is 11.1 Å². The molecule has 1 atom stereocenters. The SMILES string of the molecule is CC(=O)C1=C(C)Oc2ncn3nc(-c4ccccc4Cl)nc3c2[C@H]1c1ccco1. The average molecular weight is 407 g/mol. The Morgan fingerprint density at radius 3 is 2.76 bits per heavy atom. The van der Waals surface area contributed by atoms with Crippen molar-refractivity contribution in [2.75, 3.05) is 0 Å². The van der Waals surface area contributed by atoms with Crippen molar-refractivity contribution in [2.24, 2.45) is 0 Å². The van der Waals surface area contributed by atoms with Crippen LogP contribution in [-0.4, -0.2) is 25.4 Å². The Bertz CT molecular complexity index is 1290. The van der Waals surface area contributed by atoms with Crippen molar-refractivity contribution in [3.05, 3.63) is 76.7 Å². The highest BCUT2D eigenvalue weighted by atomic mass is 35.5. The van der Waals surface area contributed by atoms with Gasteiger partial charge >= 0.3 is 0 Å². The van der Waals surface area contributed by atoms with Gasteiger partial charge in [0.05, 0.1) is 22.8 Å². The number of carbonyl (C=O) groups excluding carboxylic acids is 1. The predicted molar refractivity (Wildman–Crippen MR) is 106 cm³/mol. The zero-order valence-electron chi connectivity index (χ0n) is 15.6. The zero-order chi connectivity index (χ0) is 20.1. The van der Waals surface area contributed by atoms with Gasteiger partial charge in [-0.15, -0.1) is 5.10 Å². The van der Waals surface area contributed by atoms with Gasteiger partial charge in [0.25, 0.3) is 0 Å². The molecule has 1 aliphatic heterocycles. The maximum Gasteiger partial charge on any atom is 0.228 e. The molecule has 29 heavy (non-hydrogen) atoms. The number of halogens is 1. The van der Waals surface area contributed by atoms with Crippen LogP contribution in [0.2, 0.25) is 5.02 Å². The van der Waals surface area contributed by atoms with Gasteiger partial charge in [-0.1, -0.05) is 23.7 Å². The fourth-order valence-electron chi connectivity index (χ4n) is 3.69. The Hall–Kier alpha value is -3.45. The summed E-state index contributed by atoms with van der Waals surface area (Å²) in [5.74, 6) is 1.33. The molecule has 144 valence electrons. The van der Waals surface area contributed by atoms with E-state index in [0.29, 0.717) is 50.6 Å². The summed E-state index contributed by atoms with van der Waals surface area (Å²) in [5, 5.41) is 5.07. The third kappa shape index (κ3) is 2.74. The Morgan fingerprint density at radius 1 is 1.21 bits per heavy atom. The molecule has 5 rings (SSSR count). The molecular formula is C21H15ClN4O3. The van der Waals surface area contributed by atoms with Crippen LogP contribution < -0.4 is 4.74 Å². The molecular weight excluding hydrogens is 392 g/mol. The van der Waals surface area contributed by atoms with Crippen LogP contribution in [0.25, 0.3) is 17.0 Å². The molecule has 0 amide bonds. The summed E-state index contributed by atoms with van der Waals surface area (Å²) in [6, 6.07) is 11.0. The highest BCUT2D eigenvalue weighted by molar-refractivity contribution is 6.33. The van der Waals surface area contributed by atoms with Gasteiger partial charge < -0.3 is 9.15 Å². The minimum atomic E-state index is -0.495. The molecule has 7 nitrogen and oxygen atoms in total. The number of Topliss-reactive ketones (excluding diaryl/α,β-unsaturated/α-hetero) is 1. The number of hydrogen-bond acceptors (Lipinski definition) is 6. The van der Waals surface area contributed by atoms with Gasteiger partial charge in [-0.2, -0.15) is 0 Å². The van der Waals surface area contributed by atoms with Gasteiger partial charge in [0.15, 0.2) is 17.3 Å². The first kappa shape index (κ1) is 17.6. The number of fused-ring (bicyclic) bond motifs is 3. The van der Waals surface area contributed by atoms with Crippen LogP contribution in [0.5, 0.6) is 5.88 Å². The standard InChI is InChI=1S/C21H15ClN4O3/c1-11(27)16-12(2)29-21-18(17(16)15-8-5-9-28-15)20-24-19(25-26(20)10-23-21)13-6-3-4-7-14(13)22/h3-10,17H,1-2H3/t17-/m0/s1. The first-order valence-corrected chi connectivity index (χ1v) is 9.35. The number of ketones is 1. The second-order valence-electron chi connectivity index (χ2n) is 6.72. The van der Waals surface area contributed by atoms with E-state index in [1.165, 1.54) is 13.3 Å². The molecule has 0 N–H and O–H groups in total. The van der Waals surface area contributed by atoms with E-state index in [0.717, 1.165) is 0 Å². The Morgan fingerprint density at radius 2 is 2.03 bits per heavy atom. The highest BCUT2D eigenvalue weighted by Gasteiger charge is 2.37. The second kappa shape index (κ2) is 6.56. The van der Waals surface area contributed by atoms with E-state index in [2.05, 4.69) is 10.1 Å². The first-order valence-electron chi connectivity index (χ1n) is 8.97. The van der Waals surface area contributed by atoms with Crippen LogP contribution in [0.3, 0.4) is 0 Å². The van der Waals surface area contributed by atoms with Crippen molar-refractivity contribution in [3.8, 4) is 17.3 Å². The third-order valence-corrected chi connectivity index (χ3v) is 5.24. The van der Waals surface area contributed by atoms with Crippen molar-refractivity contribution < 1.29 is 13.9 Å². The van der Waals surface area contributed by atoms with Crippen LogP contribution >= 0.6 is 11.6 Å². The van der Waals surface area contributed by atoms with E-state index in [4.69, 9.17) is 25.7 Å². The third-order valence-electron chi connectivity index (χ3n) is 4.92. The summed E-state index contributed by atoms with van der Waals surface area (Å²) < 4.78 is 13.1. The monoisotopic (exact) mass is 406 g/mol. The molecule has 0 spiro atoms. The molecule has 0 unspecified atom stereocenters. The molecule has 1 aliphatic rings. The summed E-state index contributed by atoms with van der Waals surface area (Å²) in [7, 11) is 0. The zero-order valence-corrected chi connectivity index (χ0v) is 16.3. The van der Waals surface area contributed by atoms with Gasteiger partial charge in [-0.25, -0.2) is 14.5 Å². The Balaban J connectivity index is 1.79. The van der Waals surface area contributed by atoms with E-state index in [1.807, 2.05) is 24.3 Å². The lowest BCUT2D eigenvalue weighted by molar-refractivity contribution is -0.114. The van der Waals surface area contributed by atoms with Gasteiger partial charge in [-0.05, 0) is 38.1 Å². The molecule has 0 aliphatic carbocycles. The predicted octanol–water partition coefficient (Wildman–Crippen LogP) is 4.43. The summed E-state index contributed by atoms with van der Waals surface area (Å²) in [6.45, 7) is 3.26. The van der Waals surface area contributed by atoms with Crippen LogP contribution in [0, 0.1) is 0 Å². The fraction of sp³-hybridized carbons (Fsp3) is 0.143. The molecule has 0 bridgehead atoms. The topological polar surface area (TPSA) is 82.5 Å². The molecule has 8 heteroatoms. The van der Waals surface area contributed by atoms with Gasteiger partial charge in [-0.3, -0.25) is 4.79 Å². The van der Waals surface area contributed by atoms with Crippen molar-refractivity contribution in [1.29, 1.82) is 0 Å². The maximum atomic E-state index is 12.5. The molecule has 3 aromatic heterocycles. The minimum absolute atomic E-state index is 0.109.